The van der Waals surface area contributed by atoms with Crippen LogP contribution < -0.4 is 0 Å². The minimum absolute atomic E-state index is 0.114. The van der Waals surface area contributed by atoms with Crippen LogP contribution in [0.4, 0.5) is 0 Å². The fraction of sp³-hybridized carbons (Fsp3) is 0.875. The van der Waals surface area contributed by atoms with E-state index in [-0.39, 0.29) is 12.8 Å². The van der Waals surface area contributed by atoms with E-state index in [4.69, 9.17) is 20.4 Å². The molecule has 0 radical (unpaired) electrons. The number of carbonyl (C=O) groups is 1. The smallest absolute Gasteiger partial charge is 0.303 e. The van der Waals surface area contributed by atoms with Crippen LogP contribution in [-0.2, 0) is 4.79 Å². The van der Waals surface area contributed by atoms with Gasteiger partial charge in [-0.05, 0) is 6.42 Å². The Morgan fingerprint density at radius 3 is 1.86 bits per heavy atom. The third kappa shape index (κ3) is 3.22. The van der Waals surface area contributed by atoms with Gasteiger partial charge in [0.15, 0.2) is 0 Å². The summed E-state index contributed by atoms with van der Waals surface area (Å²) in [7, 11) is 0. The molecule has 0 fully saturated rings. The average molecular weight is 208 g/mol. The van der Waals surface area contributed by atoms with Gasteiger partial charge in [0.1, 0.15) is 0 Å². The minimum Gasteiger partial charge on any atom is -0.481 e. The van der Waals surface area contributed by atoms with Crippen molar-refractivity contribution in [2.75, 3.05) is 19.8 Å². The second-order valence-electron chi connectivity index (χ2n) is 3.28. The van der Waals surface area contributed by atoms with E-state index >= 15 is 0 Å². The fourth-order valence-electron chi connectivity index (χ4n) is 1.03. The van der Waals surface area contributed by atoms with Crippen LogP contribution in [-0.4, -0.2) is 57.4 Å². The van der Waals surface area contributed by atoms with E-state index in [0.717, 1.165) is 0 Å². The number of carboxylic acids is 1. The molecule has 0 saturated heterocycles. The van der Waals surface area contributed by atoms with Crippen molar-refractivity contribution in [1.29, 1.82) is 0 Å². The molecular formula is C8H16O6. The Labute approximate surface area is 81.4 Å². The Bertz CT molecular complexity index is 168. The lowest BCUT2D eigenvalue weighted by Crippen LogP contribution is -2.45. The van der Waals surface area contributed by atoms with Gasteiger partial charge in [-0.15, -0.1) is 0 Å². The van der Waals surface area contributed by atoms with E-state index in [1.807, 2.05) is 0 Å². The summed E-state index contributed by atoms with van der Waals surface area (Å²) in [5, 5.41) is 44.5. The van der Waals surface area contributed by atoms with Crippen molar-refractivity contribution in [3.8, 4) is 0 Å². The second-order valence-corrected chi connectivity index (χ2v) is 3.28. The molecule has 6 nitrogen and oxygen atoms in total. The summed E-state index contributed by atoms with van der Waals surface area (Å²) in [6.07, 6.45) is -1.63. The molecule has 6 heteroatoms. The van der Waals surface area contributed by atoms with Gasteiger partial charge < -0.3 is 25.5 Å². The van der Waals surface area contributed by atoms with Crippen LogP contribution >= 0.6 is 0 Å². The first-order valence-corrected chi connectivity index (χ1v) is 4.25. The van der Waals surface area contributed by atoms with Crippen molar-refractivity contribution in [3.63, 3.8) is 0 Å². The van der Waals surface area contributed by atoms with Crippen LogP contribution in [0, 0.1) is 5.41 Å². The maximum atomic E-state index is 10.2. The Kier molecular flexibility index (Phi) is 5.63. The molecule has 0 rings (SSSR count). The highest BCUT2D eigenvalue weighted by Crippen LogP contribution is 2.23. The standard InChI is InChI=1S/C8H16O6/c9-3-8(4-10,5-11)6(12)1-2-7(13)14/h6,9-12H,1-5H2,(H,13,14). The second kappa shape index (κ2) is 5.92. The van der Waals surface area contributed by atoms with Gasteiger partial charge in [-0.3, -0.25) is 4.79 Å². The first-order chi connectivity index (χ1) is 6.52. The molecular weight excluding hydrogens is 192 g/mol. The predicted molar refractivity (Wildman–Crippen MR) is 46.6 cm³/mol. The molecule has 1 atom stereocenters. The zero-order valence-electron chi connectivity index (χ0n) is 7.76. The Morgan fingerprint density at radius 1 is 1.14 bits per heavy atom. The summed E-state index contributed by atoms with van der Waals surface area (Å²) < 4.78 is 0. The van der Waals surface area contributed by atoms with E-state index in [1.54, 1.807) is 0 Å². The molecule has 5 N–H and O–H groups in total. The van der Waals surface area contributed by atoms with Gasteiger partial charge in [-0.1, -0.05) is 0 Å². The molecule has 0 saturated carbocycles. The molecule has 14 heavy (non-hydrogen) atoms. The van der Waals surface area contributed by atoms with E-state index in [9.17, 15) is 9.90 Å². The summed E-state index contributed by atoms with van der Waals surface area (Å²) >= 11 is 0. The topological polar surface area (TPSA) is 118 Å². The zero-order chi connectivity index (χ0) is 11.2. The molecule has 0 amide bonds. The first-order valence-electron chi connectivity index (χ1n) is 4.25. The highest BCUT2D eigenvalue weighted by Gasteiger charge is 2.36. The molecule has 0 aromatic carbocycles. The van der Waals surface area contributed by atoms with E-state index in [0.29, 0.717) is 0 Å². The lowest BCUT2D eigenvalue weighted by Gasteiger charge is -2.32. The Balaban J connectivity index is 4.28. The fourth-order valence-corrected chi connectivity index (χ4v) is 1.03. The van der Waals surface area contributed by atoms with Crippen LogP contribution in [0.1, 0.15) is 12.8 Å². The molecule has 0 bridgehead atoms. The highest BCUT2D eigenvalue weighted by atomic mass is 16.4. The molecule has 84 valence electrons. The normalized spacial score (nSPS) is 14.0. The number of aliphatic carboxylic acids is 1. The molecule has 1 unspecified atom stereocenters. The van der Waals surface area contributed by atoms with Crippen molar-refractivity contribution >= 4 is 5.97 Å². The molecule has 0 aliphatic heterocycles. The van der Waals surface area contributed by atoms with Crippen LogP contribution in [0.5, 0.6) is 0 Å². The number of hydrogen-bond acceptors (Lipinski definition) is 5. The number of aliphatic hydroxyl groups is 4. The average Bonchev–Trinajstić information content (AvgIpc) is 2.18. The lowest BCUT2D eigenvalue weighted by molar-refractivity contribution is -0.139. The third-order valence-electron chi connectivity index (χ3n) is 2.28. The van der Waals surface area contributed by atoms with Crippen molar-refractivity contribution < 1.29 is 30.3 Å². The molecule has 0 aromatic rings. The van der Waals surface area contributed by atoms with Crippen molar-refractivity contribution in [1.82, 2.24) is 0 Å². The SMILES string of the molecule is O=C(O)CCC(O)C(CO)(CO)CO. The zero-order valence-corrected chi connectivity index (χ0v) is 7.76. The summed E-state index contributed by atoms with van der Waals surface area (Å²) in [5.41, 5.74) is -1.42. The minimum atomic E-state index is -1.42. The maximum Gasteiger partial charge on any atom is 0.303 e. The first kappa shape index (κ1) is 13.3. The van der Waals surface area contributed by atoms with Crippen LogP contribution in [0.3, 0.4) is 0 Å². The van der Waals surface area contributed by atoms with Gasteiger partial charge in [0.25, 0.3) is 0 Å². The molecule has 0 aliphatic carbocycles. The number of carboxylic acid groups (broad SMARTS) is 1. The summed E-state index contributed by atoms with van der Waals surface area (Å²) in [6.45, 7) is -1.79. The predicted octanol–water partition coefficient (Wildman–Crippen LogP) is -1.82. The van der Waals surface area contributed by atoms with Crippen molar-refractivity contribution in [2.24, 2.45) is 5.41 Å². The van der Waals surface area contributed by atoms with Gasteiger partial charge in [0, 0.05) is 6.42 Å². The van der Waals surface area contributed by atoms with E-state index in [2.05, 4.69) is 0 Å². The Morgan fingerprint density at radius 2 is 1.57 bits per heavy atom. The van der Waals surface area contributed by atoms with Crippen molar-refractivity contribution in [3.05, 3.63) is 0 Å². The number of aliphatic hydroxyl groups excluding tert-OH is 4. The monoisotopic (exact) mass is 208 g/mol. The van der Waals surface area contributed by atoms with E-state index < -0.39 is 37.3 Å². The van der Waals surface area contributed by atoms with Gasteiger partial charge in [0.2, 0.25) is 0 Å². The third-order valence-corrected chi connectivity index (χ3v) is 2.28. The molecule has 0 aliphatic rings. The van der Waals surface area contributed by atoms with Crippen molar-refractivity contribution in [2.45, 2.75) is 18.9 Å². The van der Waals surface area contributed by atoms with Gasteiger partial charge >= 0.3 is 5.97 Å². The van der Waals surface area contributed by atoms with E-state index in [1.165, 1.54) is 0 Å². The number of hydrogen-bond donors (Lipinski definition) is 5. The quantitative estimate of drug-likeness (QED) is 0.336. The van der Waals surface area contributed by atoms with Gasteiger partial charge in [-0.25, -0.2) is 0 Å². The molecule has 0 heterocycles. The molecule has 0 aromatic heterocycles. The maximum absolute atomic E-state index is 10.2. The van der Waals surface area contributed by atoms with Gasteiger partial charge in [0.05, 0.1) is 31.3 Å². The highest BCUT2D eigenvalue weighted by molar-refractivity contribution is 5.66. The largest absolute Gasteiger partial charge is 0.481 e. The lowest BCUT2D eigenvalue weighted by atomic mass is 9.82. The summed E-state index contributed by atoms with van der Waals surface area (Å²) in [5.74, 6) is -1.08. The van der Waals surface area contributed by atoms with Crippen LogP contribution in [0.25, 0.3) is 0 Å². The molecule has 0 spiro atoms. The number of rotatable bonds is 7. The van der Waals surface area contributed by atoms with Crippen LogP contribution in [0.15, 0.2) is 0 Å². The van der Waals surface area contributed by atoms with Gasteiger partial charge in [-0.2, -0.15) is 0 Å². The summed E-state index contributed by atoms with van der Waals surface area (Å²) in [4.78, 5) is 10.2. The summed E-state index contributed by atoms with van der Waals surface area (Å²) in [6, 6.07) is 0. The van der Waals surface area contributed by atoms with Crippen LogP contribution in [0.2, 0.25) is 0 Å². The Hall–Kier alpha value is -0.690.